The Morgan fingerprint density at radius 3 is 2.33 bits per heavy atom. The topological polar surface area (TPSA) is 101 Å². The van der Waals surface area contributed by atoms with Crippen molar-refractivity contribution in [2.24, 2.45) is 0 Å². The highest BCUT2D eigenvalue weighted by atomic mass is 16.5. The van der Waals surface area contributed by atoms with Gasteiger partial charge in [0.15, 0.2) is 11.6 Å². The van der Waals surface area contributed by atoms with Crippen LogP contribution in [0.25, 0.3) is 0 Å². The van der Waals surface area contributed by atoms with E-state index in [-0.39, 0.29) is 28.7 Å². The molecule has 0 saturated carbocycles. The van der Waals surface area contributed by atoms with Crippen LogP contribution in [0.15, 0.2) is 47.6 Å². The minimum Gasteiger partial charge on any atom is -0.507 e. The molecule has 0 heterocycles. The molecule has 142 valence electrons. The van der Waals surface area contributed by atoms with Gasteiger partial charge in [0.1, 0.15) is 17.6 Å². The summed E-state index contributed by atoms with van der Waals surface area (Å²) in [5, 5.41) is 19.9. The molecule has 6 nitrogen and oxygen atoms in total. The van der Waals surface area contributed by atoms with Crippen LogP contribution >= 0.6 is 0 Å². The van der Waals surface area contributed by atoms with Crippen molar-refractivity contribution in [3.8, 4) is 11.5 Å². The number of ketones is 2. The molecule has 1 aliphatic rings. The second-order valence-corrected chi connectivity index (χ2v) is 6.52. The van der Waals surface area contributed by atoms with E-state index in [0.717, 1.165) is 23.8 Å². The molecule has 0 bridgehead atoms. The van der Waals surface area contributed by atoms with Crippen molar-refractivity contribution in [2.45, 2.75) is 39.7 Å². The van der Waals surface area contributed by atoms with Crippen molar-refractivity contribution in [3.63, 3.8) is 0 Å². The summed E-state index contributed by atoms with van der Waals surface area (Å²) in [5.41, 5.74) is 0.594. The van der Waals surface area contributed by atoms with E-state index in [1.54, 1.807) is 13.0 Å². The van der Waals surface area contributed by atoms with E-state index in [0.29, 0.717) is 6.42 Å². The fraction of sp³-hybridized carbons (Fsp3) is 0.286. The lowest BCUT2D eigenvalue weighted by atomic mass is 9.85. The number of aromatic hydroxyl groups is 2. The maximum absolute atomic E-state index is 12.9. The zero-order chi connectivity index (χ0) is 20.3. The van der Waals surface area contributed by atoms with Crippen molar-refractivity contribution < 1.29 is 29.3 Å². The quantitative estimate of drug-likeness (QED) is 0.343. The van der Waals surface area contributed by atoms with Crippen LogP contribution < -0.4 is 0 Å². The molecule has 0 saturated heterocycles. The van der Waals surface area contributed by atoms with E-state index >= 15 is 0 Å². The summed E-state index contributed by atoms with van der Waals surface area (Å²) in [6, 6.07) is 2.28. The van der Waals surface area contributed by atoms with E-state index in [9.17, 15) is 24.6 Å². The summed E-state index contributed by atoms with van der Waals surface area (Å²) < 4.78 is 5.43. The molecule has 0 radical (unpaired) electrons. The lowest BCUT2D eigenvalue weighted by Gasteiger charge is -2.23. The van der Waals surface area contributed by atoms with Gasteiger partial charge in [0.05, 0.1) is 11.1 Å². The number of phenols is 2. The summed E-state index contributed by atoms with van der Waals surface area (Å²) in [5.74, 6) is -2.77. The predicted octanol–water partition coefficient (Wildman–Crippen LogP) is 3.64. The van der Waals surface area contributed by atoms with Gasteiger partial charge in [-0.3, -0.25) is 9.59 Å². The minimum absolute atomic E-state index is 0.0526. The Bertz CT molecular complexity index is 884. The third-order valence-corrected chi connectivity index (χ3v) is 4.24. The predicted molar refractivity (Wildman–Crippen MR) is 99.9 cm³/mol. The number of ether oxygens (including phenoxy) is 1. The number of Topliss-reactive ketones (excluding diaryl/α,β-unsaturated/α-hetero) is 1. The molecule has 2 rings (SSSR count). The molecule has 0 aliphatic heterocycles. The summed E-state index contributed by atoms with van der Waals surface area (Å²) in [6.45, 7) is 9.08. The molecule has 1 aliphatic carbocycles. The van der Waals surface area contributed by atoms with Crippen molar-refractivity contribution >= 4 is 17.5 Å². The van der Waals surface area contributed by atoms with E-state index in [2.05, 4.69) is 6.58 Å². The largest absolute Gasteiger partial charge is 0.507 e. The van der Waals surface area contributed by atoms with Crippen LogP contribution in [0.1, 0.15) is 54.3 Å². The van der Waals surface area contributed by atoms with Crippen LogP contribution in [-0.2, 0) is 9.53 Å². The molecular weight excluding hydrogens is 348 g/mol. The summed E-state index contributed by atoms with van der Waals surface area (Å²) >= 11 is 0. The second-order valence-electron chi connectivity index (χ2n) is 6.52. The normalized spacial score (nSPS) is 14.1. The van der Waals surface area contributed by atoms with E-state index < -0.39 is 35.1 Å². The zero-order valence-electron chi connectivity index (χ0n) is 15.5. The Hall–Kier alpha value is -3.15. The van der Waals surface area contributed by atoms with Crippen molar-refractivity contribution in [1.29, 1.82) is 0 Å². The maximum atomic E-state index is 12.9. The number of phenolic OH excluding ortho intramolecular Hbond substituents is 2. The van der Waals surface area contributed by atoms with Gasteiger partial charge in [0.2, 0.25) is 0 Å². The van der Waals surface area contributed by atoms with Crippen LogP contribution in [0, 0.1) is 0 Å². The Morgan fingerprint density at radius 2 is 1.78 bits per heavy atom. The fourth-order valence-electron chi connectivity index (χ4n) is 2.66. The van der Waals surface area contributed by atoms with Crippen LogP contribution in [0.3, 0.4) is 0 Å². The molecule has 0 fully saturated rings. The summed E-state index contributed by atoms with van der Waals surface area (Å²) in [7, 11) is 0. The Balaban J connectivity index is 2.49. The lowest BCUT2D eigenvalue weighted by Crippen LogP contribution is -2.29. The number of hydrogen-bond donors (Lipinski definition) is 2. The van der Waals surface area contributed by atoms with Gasteiger partial charge in [-0.05, 0) is 38.5 Å². The summed E-state index contributed by atoms with van der Waals surface area (Å²) in [4.78, 5) is 37.5. The molecule has 1 aromatic rings. The summed E-state index contributed by atoms with van der Waals surface area (Å²) in [6.07, 6.45) is 2.39. The van der Waals surface area contributed by atoms with Gasteiger partial charge in [-0.1, -0.05) is 25.2 Å². The highest BCUT2D eigenvalue weighted by molar-refractivity contribution is 6.27. The fourth-order valence-corrected chi connectivity index (χ4v) is 2.66. The van der Waals surface area contributed by atoms with Gasteiger partial charge >= 0.3 is 5.97 Å². The number of esters is 1. The molecule has 27 heavy (non-hydrogen) atoms. The van der Waals surface area contributed by atoms with E-state index in [1.165, 1.54) is 0 Å². The Kier molecular flexibility index (Phi) is 6.00. The average Bonchev–Trinajstić information content (AvgIpc) is 2.62. The van der Waals surface area contributed by atoms with Gasteiger partial charge < -0.3 is 14.9 Å². The first kappa shape index (κ1) is 20.2. The highest BCUT2D eigenvalue weighted by Crippen LogP contribution is 2.36. The van der Waals surface area contributed by atoms with E-state index in [1.807, 2.05) is 13.8 Å². The number of hydrogen-bond acceptors (Lipinski definition) is 6. The molecular formula is C21H22O6. The number of carbonyl (C=O) groups is 3. The lowest BCUT2D eigenvalue weighted by molar-refractivity contribution is -0.142. The first-order valence-electron chi connectivity index (χ1n) is 8.55. The first-order valence-corrected chi connectivity index (χ1v) is 8.55. The number of benzene rings is 1. The van der Waals surface area contributed by atoms with E-state index in [4.69, 9.17) is 4.74 Å². The minimum atomic E-state index is -1.01. The Morgan fingerprint density at radius 1 is 1.19 bits per heavy atom. The third kappa shape index (κ3) is 4.16. The first-order chi connectivity index (χ1) is 12.7. The number of carbonyl (C=O) groups excluding carboxylic acids is 3. The smallest absolute Gasteiger partial charge is 0.334 e. The standard InChI is InChI=1S/C21H22O6/c1-5-12(4)21(26)27-17(9-6-11(2)3)13-10-16(24)18-14(22)7-8-15(23)19(18)20(13)25/h6-8,10,17,22-23H,4-5,9H2,1-3H3/t17-/m1/s1. The van der Waals surface area contributed by atoms with Gasteiger partial charge in [-0.15, -0.1) is 0 Å². The van der Waals surface area contributed by atoms with Crippen molar-refractivity contribution in [2.75, 3.05) is 0 Å². The zero-order valence-corrected chi connectivity index (χ0v) is 15.5. The molecule has 0 spiro atoms. The van der Waals surface area contributed by atoms with Crippen LogP contribution in [-0.4, -0.2) is 33.9 Å². The Labute approximate surface area is 157 Å². The molecule has 1 aromatic carbocycles. The van der Waals surface area contributed by atoms with Gasteiger partial charge in [0, 0.05) is 17.6 Å². The van der Waals surface area contributed by atoms with Crippen molar-refractivity contribution in [3.05, 3.63) is 58.7 Å². The molecule has 1 atom stereocenters. The number of rotatable bonds is 6. The molecule has 6 heteroatoms. The number of fused-ring (bicyclic) bond motifs is 1. The van der Waals surface area contributed by atoms with Gasteiger partial charge in [-0.2, -0.15) is 0 Å². The van der Waals surface area contributed by atoms with Gasteiger partial charge in [-0.25, -0.2) is 4.79 Å². The van der Waals surface area contributed by atoms with Crippen LogP contribution in [0.5, 0.6) is 11.5 Å². The average molecular weight is 370 g/mol. The highest BCUT2D eigenvalue weighted by Gasteiger charge is 2.35. The maximum Gasteiger partial charge on any atom is 0.334 e. The number of allylic oxidation sites excluding steroid dienone is 2. The van der Waals surface area contributed by atoms with Crippen molar-refractivity contribution in [1.82, 2.24) is 0 Å². The van der Waals surface area contributed by atoms with Gasteiger partial charge in [0.25, 0.3) is 0 Å². The van der Waals surface area contributed by atoms with Crippen LogP contribution in [0.4, 0.5) is 0 Å². The molecule has 0 amide bonds. The molecule has 2 N–H and O–H groups in total. The third-order valence-electron chi connectivity index (χ3n) is 4.24. The molecule has 0 aromatic heterocycles. The molecule has 0 unspecified atom stereocenters. The SMILES string of the molecule is C=C(CC)C(=O)O[C@H](CC=C(C)C)C1=CC(=O)c2c(O)ccc(O)c2C1=O. The van der Waals surface area contributed by atoms with Crippen LogP contribution in [0.2, 0.25) is 0 Å². The monoisotopic (exact) mass is 370 g/mol. The second kappa shape index (κ2) is 8.03.